The summed E-state index contributed by atoms with van der Waals surface area (Å²) in [6.07, 6.45) is 4.11. The van der Waals surface area contributed by atoms with Crippen molar-refractivity contribution < 1.29 is 19.1 Å². The zero-order chi connectivity index (χ0) is 24.5. The Kier molecular flexibility index (Phi) is 6.94. The minimum Gasteiger partial charge on any atom is -0.444 e. The highest BCUT2D eigenvalue weighted by molar-refractivity contribution is 9.11. The summed E-state index contributed by atoms with van der Waals surface area (Å²) in [5.74, 6) is -0.237. The first-order chi connectivity index (χ1) is 16.1. The molecule has 2 N–H and O–H groups in total. The van der Waals surface area contributed by atoms with E-state index in [0.717, 1.165) is 8.75 Å². The number of anilines is 1. The van der Waals surface area contributed by atoms with Gasteiger partial charge in [-0.1, -0.05) is 41.7 Å². The third kappa shape index (κ3) is 5.58. The second kappa shape index (κ2) is 9.75. The minimum atomic E-state index is -0.972. The summed E-state index contributed by atoms with van der Waals surface area (Å²) >= 11 is 4.86. The first kappa shape index (κ1) is 24.2. The highest BCUT2D eigenvalue weighted by Crippen LogP contribution is 2.27. The van der Waals surface area contributed by atoms with Crippen molar-refractivity contribution in [1.82, 2.24) is 19.6 Å². The quantitative estimate of drug-likeness (QED) is 0.493. The van der Waals surface area contributed by atoms with Crippen LogP contribution in [0.15, 0.2) is 46.5 Å². The number of hydrogen-bond acceptors (Lipinski definition) is 6. The first-order valence-electron chi connectivity index (χ1n) is 10.9. The van der Waals surface area contributed by atoms with Crippen molar-refractivity contribution in [2.45, 2.75) is 51.3 Å². The third-order valence-electron chi connectivity index (χ3n) is 5.26. The standard InChI is InChI=1S/C23H26BrN5O4S/c1-23(2,3)33-22(32)27-18(14-8-5-4-6-9-14)20(31)29-11-7-10-15(29)19(30)25-17-13-28-12-16(24)34-21(28)26-17/h4-6,8-9,12-13,15,18H,7,10-11H2,1-3H3,(H,25,30)(H,27,32)/t15-,18+/m1/s1. The molecule has 0 radical (unpaired) electrons. The zero-order valence-corrected chi connectivity index (χ0v) is 21.5. The molecule has 3 aromatic rings. The molecule has 2 aromatic heterocycles. The number of carbonyl (C=O) groups excluding carboxylic acids is 3. The normalized spacial score (nSPS) is 16.9. The number of likely N-dealkylation sites (tertiary alicyclic amines) is 1. The molecular formula is C23H26BrN5O4S. The number of rotatable bonds is 5. The van der Waals surface area contributed by atoms with Crippen LogP contribution in [-0.4, -0.2) is 50.4 Å². The Bertz CT molecular complexity index is 1170. The highest BCUT2D eigenvalue weighted by Gasteiger charge is 2.39. The molecule has 1 aliphatic heterocycles. The molecule has 180 valence electrons. The molecule has 2 atom stereocenters. The van der Waals surface area contributed by atoms with Gasteiger partial charge in [-0.05, 0) is 55.1 Å². The van der Waals surface area contributed by atoms with Crippen LogP contribution < -0.4 is 10.6 Å². The number of nitrogens with one attached hydrogen (secondary N) is 2. The molecular weight excluding hydrogens is 522 g/mol. The topological polar surface area (TPSA) is 105 Å². The van der Waals surface area contributed by atoms with Crippen molar-refractivity contribution in [2.75, 3.05) is 11.9 Å². The van der Waals surface area contributed by atoms with Crippen LogP contribution in [0.25, 0.3) is 4.96 Å². The minimum absolute atomic E-state index is 0.306. The van der Waals surface area contributed by atoms with Gasteiger partial charge in [0.25, 0.3) is 5.91 Å². The predicted molar refractivity (Wildman–Crippen MR) is 133 cm³/mol. The van der Waals surface area contributed by atoms with Crippen molar-refractivity contribution in [3.63, 3.8) is 0 Å². The Morgan fingerprint density at radius 1 is 1.21 bits per heavy atom. The lowest BCUT2D eigenvalue weighted by molar-refractivity contribution is -0.138. The second-order valence-corrected chi connectivity index (χ2v) is 11.4. The lowest BCUT2D eigenvalue weighted by Crippen LogP contribution is -2.49. The number of alkyl carbamates (subject to hydrolysis) is 1. The van der Waals surface area contributed by atoms with Gasteiger partial charge in [-0.2, -0.15) is 0 Å². The Morgan fingerprint density at radius 2 is 1.94 bits per heavy atom. The smallest absolute Gasteiger partial charge is 0.408 e. The molecule has 34 heavy (non-hydrogen) atoms. The lowest BCUT2D eigenvalue weighted by atomic mass is 10.0. The van der Waals surface area contributed by atoms with Crippen LogP contribution in [-0.2, 0) is 14.3 Å². The highest BCUT2D eigenvalue weighted by atomic mass is 79.9. The largest absolute Gasteiger partial charge is 0.444 e. The number of thiazole rings is 1. The molecule has 1 fully saturated rings. The van der Waals surface area contributed by atoms with Gasteiger partial charge in [0.15, 0.2) is 10.8 Å². The van der Waals surface area contributed by atoms with Gasteiger partial charge in [0, 0.05) is 12.7 Å². The fourth-order valence-electron chi connectivity index (χ4n) is 3.86. The van der Waals surface area contributed by atoms with Crippen LogP contribution in [0.1, 0.15) is 45.2 Å². The van der Waals surface area contributed by atoms with E-state index in [1.165, 1.54) is 16.2 Å². The van der Waals surface area contributed by atoms with Gasteiger partial charge in [0.2, 0.25) is 5.91 Å². The number of hydrogen-bond donors (Lipinski definition) is 2. The van der Waals surface area contributed by atoms with Crippen molar-refractivity contribution in [1.29, 1.82) is 0 Å². The molecule has 9 nitrogen and oxygen atoms in total. The van der Waals surface area contributed by atoms with Gasteiger partial charge in [0.05, 0.1) is 9.98 Å². The lowest BCUT2D eigenvalue weighted by Gasteiger charge is -2.29. The fourth-order valence-corrected chi connectivity index (χ4v) is 5.22. The Hall–Kier alpha value is -2.92. The second-order valence-electron chi connectivity index (χ2n) is 9.02. The van der Waals surface area contributed by atoms with E-state index in [1.54, 1.807) is 51.2 Å². The summed E-state index contributed by atoms with van der Waals surface area (Å²) in [4.78, 5) is 45.9. The Labute approximate surface area is 209 Å². The van der Waals surface area contributed by atoms with Crippen molar-refractivity contribution in [3.05, 3.63) is 52.1 Å². The molecule has 1 saturated heterocycles. The van der Waals surface area contributed by atoms with E-state index in [4.69, 9.17) is 4.74 Å². The molecule has 4 rings (SSSR count). The van der Waals surface area contributed by atoms with Gasteiger partial charge < -0.3 is 20.3 Å². The van der Waals surface area contributed by atoms with E-state index in [9.17, 15) is 14.4 Å². The number of fused-ring (bicyclic) bond motifs is 1. The fraction of sp³-hybridized carbons (Fsp3) is 0.391. The predicted octanol–water partition coefficient (Wildman–Crippen LogP) is 4.35. The zero-order valence-electron chi connectivity index (χ0n) is 19.1. The average molecular weight is 548 g/mol. The van der Waals surface area contributed by atoms with Crippen LogP contribution in [0.3, 0.4) is 0 Å². The molecule has 0 aliphatic carbocycles. The van der Waals surface area contributed by atoms with E-state index < -0.39 is 23.8 Å². The number of aromatic nitrogens is 2. The molecule has 0 spiro atoms. The third-order valence-corrected chi connectivity index (χ3v) is 6.73. The van der Waals surface area contributed by atoms with E-state index in [0.29, 0.717) is 30.8 Å². The maximum atomic E-state index is 13.6. The maximum Gasteiger partial charge on any atom is 0.408 e. The molecule has 1 aliphatic rings. The van der Waals surface area contributed by atoms with Crippen molar-refractivity contribution in [3.8, 4) is 0 Å². The molecule has 1 aromatic carbocycles. The first-order valence-corrected chi connectivity index (χ1v) is 12.5. The van der Waals surface area contributed by atoms with Crippen molar-refractivity contribution in [2.24, 2.45) is 0 Å². The summed E-state index contributed by atoms with van der Waals surface area (Å²) in [5, 5.41) is 5.52. The molecule has 0 saturated carbocycles. The monoisotopic (exact) mass is 547 g/mol. The van der Waals surface area contributed by atoms with Gasteiger partial charge >= 0.3 is 6.09 Å². The number of nitrogens with zero attached hydrogens (tertiary/aromatic N) is 3. The number of imidazole rings is 1. The maximum absolute atomic E-state index is 13.6. The number of carbonyl (C=O) groups is 3. The van der Waals surface area contributed by atoms with Gasteiger partial charge in [0.1, 0.15) is 17.7 Å². The van der Waals surface area contributed by atoms with Crippen LogP contribution in [0.4, 0.5) is 10.6 Å². The van der Waals surface area contributed by atoms with Crippen LogP contribution in [0.5, 0.6) is 0 Å². The number of benzene rings is 1. The van der Waals surface area contributed by atoms with Crippen LogP contribution in [0, 0.1) is 0 Å². The number of amides is 3. The summed E-state index contributed by atoms with van der Waals surface area (Å²) in [6, 6.07) is 7.32. The summed E-state index contributed by atoms with van der Waals surface area (Å²) in [7, 11) is 0. The average Bonchev–Trinajstić information content (AvgIpc) is 3.45. The molecule has 11 heteroatoms. The van der Waals surface area contributed by atoms with E-state index in [2.05, 4.69) is 31.5 Å². The SMILES string of the molecule is CC(C)(C)OC(=O)N[C@H](C(=O)N1CCC[C@@H]1C(=O)Nc1cn2cc(Br)sc2n1)c1ccccc1. The van der Waals surface area contributed by atoms with Crippen LogP contribution >= 0.6 is 27.3 Å². The Balaban J connectivity index is 1.51. The van der Waals surface area contributed by atoms with E-state index in [1.807, 2.05) is 16.7 Å². The number of halogens is 1. The number of ether oxygens (including phenoxy) is 1. The van der Waals surface area contributed by atoms with E-state index in [-0.39, 0.29) is 11.8 Å². The van der Waals surface area contributed by atoms with Gasteiger partial charge in [-0.25, -0.2) is 9.78 Å². The molecule has 3 heterocycles. The van der Waals surface area contributed by atoms with Gasteiger partial charge in [-0.3, -0.25) is 14.0 Å². The van der Waals surface area contributed by atoms with Gasteiger partial charge in [-0.15, -0.1) is 0 Å². The molecule has 3 amide bonds. The van der Waals surface area contributed by atoms with Crippen LogP contribution in [0.2, 0.25) is 0 Å². The Morgan fingerprint density at radius 3 is 2.62 bits per heavy atom. The molecule has 0 bridgehead atoms. The summed E-state index contributed by atoms with van der Waals surface area (Å²) < 4.78 is 8.12. The summed E-state index contributed by atoms with van der Waals surface area (Å²) in [5.41, 5.74) is -0.0949. The van der Waals surface area contributed by atoms with Crippen molar-refractivity contribution >= 4 is 56.0 Å². The van der Waals surface area contributed by atoms with E-state index >= 15 is 0 Å². The summed E-state index contributed by atoms with van der Waals surface area (Å²) in [6.45, 7) is 5.68. The molecule has 0 unspecified atom stereocenters.